The lowest BCUT2D eigenvalue weighted by Gasteiger charge is -2.25. The van der Waals surface area contributed by atoms with Gasteiger partial charge in [0.2, 0.25) is 21.8 Å². The molecule has 31 heavy (non-hydrogen) atoms. The maximum absolute atomic E-state index is 11.4. The fourth-order valence-electron chi connectivity index (χ4n) is 3.17. The van der Waals surface area contributed by atoms with Crippen LogP contribution in [0.3, 0.4) is 0 Å². The van der Waals surface area contributed by atoms with E-state index < -0.39 is 10.0 Å². The van der Waals surface area contributed by atoms with Crippen molar-refractivity contribution in [1.29, 1.82) is 0 Å². The fourth-order valence-corrected chi connectivity index (χ4v) is 4.02. The molecule has 164 valence electrons. The molecule has 0 aliphatic rings. The number of thiocarbonyl (C=S) groups is 1. The van der Waals surface area contributed by atoms with Crippen molar-refractivity contribution in [3.63, 3.8) is 0 Å². The summed E-state index contributed by atoms with van der Waals surface area (Å²) in [5.41, 5.74) is 1.83. The number of aromatic hydroxyl groups is 2. The largest absolute Gasteiger partial charge is 0.494 e. The third-order valence-corrected chi connectivity index (χ3v) is 5.98. The van der Waals surface area contributed by atoms with Gasteiger partial charge in [0.05, 0.1) is 10.6 Å². The Morgan fingerprint density at radius 3 is 2.35 bits per heavy atom. The molecule has 0 amide bonds. The van der Waals surface area contributed by atoms with Crippen LogP contribution in [0, 0.1) is 0 Å². The van der Waals surface area contributed by atoms with Gasteiger partial charge in [0.15, 0.2) is 5.11 Å². The zero-order valence-electron chi connectivity index (χ0n) is 16.9. The van der Waals surface area contributed by atoms with Gasteiger partial charge in [0.25, 0.3) is 0 Å². The summed E-state index contributed by atoms with van der Waals surface area (Å²) in [5.74, 6) is -0.269. The Kier molecular flexibility index (Phi) is 6.84. The molecule has 0 spiro atoms. The molecule has 0 atom stereocenters. The number of nitrogens with zero attached hydrogens (tertiary/aromatic N) is 2. The van der Waals surface area contributed by atoms with Crippen LogP contribution in [-0.2, 0) is 16.4 Å². The second-order valence-corrected chi connectivity index (χ2v) is 8.76. The van der Waals surface area contributed by atoms with E-state index in [0.29, 0.717) is 36.0 Å². The van der Waals surface area contributed by atoms with Crippen LogP contribution in [0.4, 0.5) is 5.69 Å². The van der Waals surface area contributed by atoms with Crippen LogP contribution in [0.2, 0.25) is 0 Å². The van der Waals surface area contributed by atoms with Crippen LogP contribution < -0.4 is 15.4 Å². The van der Waals surface area contributed by atoms with Crippen LogP contribution in [0.5, 0.6) is 11.8 Å². The van der Waals surface area contributed by atoms with E-state index in [1.165, 1.54) is 22.8 Å². The van der Waals surface area contributed by atoms with Gasteiger partial charge in [-0.3, -0.25) is 0 Å². The van der Waals surface area contributed by atoms with Crippen molar-refractivity contribution in [2.45, 2.75) is 18.2 Å². The Morgan fingerprint density at radius 1 is 1.13 bits per heavy atom. The minimum absolute atomic E-state index is 0.0405. The number of nitrogens with one attached hydrogen (secondary N) is 1. The van der Waals surface area contributed by atoms with Crippen LogP contribution >= 0.6 is 12.2 Å². The molecule has 1 aromatic heterocycles. The summed E-state index contributed by atoms with van der Waals surface area (Å²) in [6.45, 7) is 2.87. The van der Waals surface area contributed by atoms with Crippen LogP contribution in [0.25, 0.3) is 5.69 Å². The molecule has 1 heterocycles. The summed E-state index contributed by atoms with van der Waals surface area (Å²) >= 11 is 5.49. The molecule has 10 heteroatoms. The zero-order valence-corrected chi connectivity index (χ0v) is 18.5. The highest BCUT2D eigenvalue weighted by molar-refractivity contribution is 7.89. The number of anilines is 1. The van der Waals surface area contributed by atoms with E-state index in [0.717, 1.165) is 5.56 Å². The Labute approximate surface area is 186 Å². The van der Waals surface area contributed by atoms with Crippen LogP contribution in [0.1, 0.15) is 12.5 Å². The van der Waals surface area contributed by atoms with Gasteiger partial charge in [-0.15, -0.1) is 0 Å². The lowest BCUT2D eigenvalue weighted by atomic mass is 10.1. The molecule has 0 aliphatic heterocycles. The van der Waals surface area contributed by atoms with Gasteiger partial charge in [-0.1, -0.05) is 30.3 Å². The van der Waals surface area contributed by atoms with E-state index in [1.54, 1.807) is 41.3 Å². The summed E-state index contributed by atoms with van der Waals surface area (Å²) in [4.78, 5) is 1.74. The summed E-state index contributed by atoms with van der Waals surface area (Å²) < 4.78 is 24.2. The SMILES string of the molecule is CCNC(=S)N(CCc1ccc(S(N)(=O)=O)cc1)c1cc(O)n(-c2ccccc2)c1O. The predicted octanol–water partition coefficient (Wildman–Crippen LogP) is 2.48. The van der Waals surface area contributed by atoms with E-state index in [1.807, 2.05) is 13.0 Å². The first kappa shape index (κ1) is 22.6. The monoisotopic (exact) mass is 460 g/mol. The average molecular weight is 461 g/mol. The number of rotatable bonds is 7. The number of primary sulfonamides is 1. The highest BCUT2D eigenvalue weighted by Crippen LogP contribution is 2.38. The van der Waals surface area contributed by atoms with Gasteiger partial charge >= 0.3 is 0 Å². The molecule has 0 radical (unpaired) electrons. The number of aromatic nitrogens is 1. The molecule has 3 rings (SSSR count). The van der Waals surface area contributed by atoms with Crippen LogP contribution in [-0.4, -0.2) is 41.4 Å². The maximum Gasteiger partial charge on any atom is 0.238 e. The van der Waals surface area contributed by atoms with Gasteiger partial charge < -0.3 is 20.4 Å². The molecular formula is C21H24N4O4S2. The Morgan fingerprint density at radius 2 is 1.77 bits per heavy atom. The van der Waals surface area contributed by atoms with E-state index >= 15 is 0 Å². The highest BCUT2D eigenvalue weighted by Gasteiger charge is 2.23. The molecule has 0 saturated heterocycles. The molecule has 0 saturated carbocycles. The first-order valence-electron chi connectivity index (χ1n) is 9.58. The number of hydrogen-bond donors (Lipinski definition) is 4. The topological polar surface area (TPSA) is 121 Å². The molecular weight excluding hydrogens is 436 g/mol. The number of benzene rings is 2. The van der Waals surface area contributed by atoms with E-state index in [2.05, 4.69) is 5.32 Å². The van der Waals surface area contributed by atoms with Crippen molar-refractivity contribution in [1.82, 2.24) is 9.88 Å². The molecule has 2 aromatic carbocycles. The molecule has 0 aliphatic carbocycles. The Bertz CT molecular complexity index is 1160. The van der Waals surface area contributed by atoms with Crippen molar-refractivity contribution in [2.24, 2.45) is 5.14 Å². The second kappa shape index (κ2) is 9.38. The van der Waals surface area contributed by atoms with Gasteiger partial charge in [-0.25, -0.2) is 18.1 Å². The lowest BCUT2D eigenvalue weighted by Crippen LogP contribution is -2.40. The average Bonchev–Trinajstić information content (AvgIpc) is 3.02. The van der Waals surface area contributed by atoms with E-state index in [-0.39, 0.29) is 16.7 Å². The van der Waals surface area contributed by atoms with Gasteiger partial charge in [-0.05, 0) is 55.4 Å². The molecule has 0 unspecified atom stereocenters. The quantitative estimate of drug-likeness (QED) is 0.400. The molecule has 3 aromatic rings. The smallest absolute Gasteiger partial charge is 0.238 e. The Hall–Kier alpha value is -3.08. The standard InChI is InChI=1S/C21H24N4O4S2/c1-2-23-21(30)24(13-12-15-8-10-17(11-9-15)31(22,28)29)18-14-19(26)25(20(18)27)16-6-4-3-5-7-16/h3-11,14,26-27H,2,12-13H2,1H3,(H,23,30)(H2,22,28,29). The summed E-state index contributed by atoms with van der Waals surface area (Å²) in [6.07, 6.45) is 0.507. The third kappa shape index (κ3) is 5.16. The van der Waals surface area contributed by atoms with Crippen LogP contribution in [0.15, 0.2) is 65.6 Å². The summed E-state index contributed by atoms with van der Waals surface area (Å²) in [7, 11) is -3.75. The number of sulfonamides is 1. The van der Waals surface area contributed by atoms with Crippen molar-refractivity contribution < 1.29 is 18.6 Å². The van der Waals surface area contributed by atoms with E-state index in [4.69, 9.17) is 17.4 Å². The maximum atomic E-state index is 11.4. The number of nitrogens with two attached hydrogens (primary N) is 1. The first-order valence-corrected chi connectivity index (χ1v) is 11.5. The molecule has 8 nitrogen and oxygen atoms in total. The fraction of sp³-hybridized carbons (Fsp3) is 0.190. The van der Waals surface area contributed by atoms with Gasteiger partial charge in [0.1, 0.15) is 5.69 Å². The van der Waals surface area contributed by atoms with Crippen molar-refractivity contribution in [3.8, 4) is 17.4 Å². The predicted molar refractivity (Wildman–Crippen MR) is 124 cm³/mol. The van der Waals surface area contributed by atoms with Crippen molar-refractivity contribution in [2.75, 3.05) is 18.0 Å². The zero-order chi connectivity index (χ0) is 22.6. The normalized spacial score (nSPS) is 11.3. The lowest BCUT2D eigenvalue weighted by molar-refractivity contribution is 0.403. The summed E-state index contributed by atoms with van der Waals surface area (Å²) in [5, 5.41) is 29.9. The molecule has 0 fully saturated rings. The first-order chi connectivity index (χ1) is 14.7. The third-order valence-electron chi connectivity index (χ3n) is 4.69. The number of hydrogen-bond acceptors (Lipinski definition) is 5. The number of para-hydroxylation sites is 1. The van der Waals surface area contributed by atoms with Crippen molar-refractivity contribution in [3.05, 3.63) is 66.2 Å². The van der Waals surface area contributed by atoms with E-state index in [9.17, 15) is 18.6 Å². The highest BCUT2D eigenvalue weighted by atomic mass is 32.2. The van der Waals surface area contributed by atoms with Gasteiger partial charge in [0, 0.05) is 19.2 Å². The van der Waals surface area contributed by atoms with Crippen molar-refractivity contribution >= 4 is 33.0 Å². The minimum Gasteiger partial charge on any atom is -0.494 e. The second-order valence-electron chi connectivity index (χ2n) is 6.81. The molecule has 5 N–H and O–H groups in total. The minimum atomic E-state index is -3.75. The Balaban J connectivity index is 1.89. The van der Waals surface area contributed by atoms with Gasteiger partial charge in [-0.2, -0.15) is 0 Å². The molecule has 0 bridgehead atoms. The summed E-state index contributed by atoms with van der Waals surface area (Å²) in [6, 6.07) is 16.7.